The lowest BCUT2D eigenvalue weighted by molar-refractivity contribution is -0.122. The maximum absolute atomic E-state index is 13.0. The third kappa shape index (κ3) is 3.03. The fourth-order valence-electron chi connectivity index (χ4n) is 4.01. The summed E-state index contributed by atoms with van der Waals surface area (Å²) in [7, 11) is 0. The molecule has 2 atom stereocenters. The van der Waals surface area contributed by atoms with Gasteiger partial charge in [0, 0.05) is 36.6 Å². The lowest BCUT2D eigenvalue weighted by atomic mass is 9.93. The number of nitrogens with one attached hydrogen (secondary N) is 1. The van der Waals surface area contributed by atoms with Gasteiger partial charge in [-0.05, 0) is 56.1 Å². The van der Waals surface area contributed by atoms with Crippen LogP contribution in [0.5, 0.6) is 0 Å². The number of anilines is 1. The average Bonchev–Trinajstić information content (AvgIpc) is 3.32. The van der Waals surface area contributed by atoms with E-state index in [1.807, 2.05) is 23.1 Å². The van der Waals surface area contributed by atoms with E-state index >= 15 is 0 Å². The quantitative estimate of drug-likeness (QED) is 0.933. The van der Waals surface area contributed by atoms with Crippen molar-refractivity contribution in [1.29, 1.82) is 5.26 Å². The number of nitriles is 1. The normalized spacial score (nSPS) is 24.4. The number of carbonyl (C=O) groups is 1. The molecule has 0 saturated carbocycles. The number of aromatic amines is 1. The number of piperidine rings is 1. The molecule has 1 amide bonds. The standard InChI is InChI=1S/C19H21N5O/c20-12-14-3-5-16(6-4-14)24-11-8-18(19(24)25)23-10-1-2-15(13-23)17-7-9-21-22-17/h3-7,9,15,18H,1-2,8,10-11,13H2,(H,21,22)/t15-,18-/m1/s1. The first-order valence-electron chi connectivity index (χ1n) is 8.81. The minimum atomic E-state index is -0.0404. The molecule has 2 aliphatic rings. The Labute approximate surface area is 147 Å². The predicted octanol–water partition coefficient (Wildman–Crippen LogP) is 2.27. The largest absolute Gasteiger partial charge is 0.311 e. The molecule has 1 aromatic heterocycles. The van der Waals surface area contributed by atoms with Gasteiger partial charge in [-0.1, -0.05) is 0 Å². The summed E-state index contributed by atoms with van der Waals surface area (Å²) in [6, 6.07) is 11.4. The summed E-state index contributed by atoms with van der Waals surface area (Å²) in [5.74, 6) is 0.600. The van der Waals surface area contributed by atoms with Crippen molar-refractivity contribution in [2.24, 2.45) is 0 Å². The molecule has 1 aromatic carbocycles. The van der Waals surface area contributed by atoms with Crippen LogP contribution in [0.3, 0.4) is 0 Å². The van der Waals surface area contributed by atoms with E-state index in [1.165, 1.54) is 5.69 Å². The molecule has 2 fully saturated rings. The molecule has 0 spiro atoms. The maximum Gasteiger partial charge on any atom is 0.244 e. The number of amides is 1. The van der Waals surface area contributed by atoms with Gasteiger partial charge in [0.25, 0.3) is 0 Å². The summed E-state index contributed by atoms with van der Waals surface area (Å²) in [4.78, 5) is 17.1. The molecule has 6 nitrogen and oxygen atoms in total. The van der Waals surface area contributed by atoms with Crippen molar-refractivity contribution in [3.8, 4) is 6.07 Å². The van der Waals surface area contributed by atoms with Crippen molar-refractivity contribution in [3.63, 3.8) is 0 Å². The van der Waals surface area contributed by atoms with E-state index in [1.54, 1.807) is 18.3 Å². The smallest absolute Gasteiger partial charge is 0.244 e. The monoisotopic (exact) mass is 335 g/mol. The van der Waals surface area contributed by atoms with Crippen LogP contribution in [-0.4, -0.2) is 46.7 Å². The van der Waals surface area contributed by atoms with Crippen LogP contribution in [0.1, 0.15) is 36.4 Å². The lowest BCUT2D eigenvalue weighted by Gasteiger charge is -2.35. The van der Waals surface area contributed by atoms with Crippen molar-refractivity contribution in [3.05, 3.63) is 47.8 Å². The lowest BCUT2D eigenvalue weighted by Crippen LogP contribution is -2.46. The predicted molar refractivity (Wildman–Crippen MR) is 94.1 cm³/mol. The summed E-state index contributed by atoms with van der Waals surface area (Å²) in [5, 5.41) is 16.1. The van der Waals surface area contributed by atoms with Crippen LogP contribution in [0, 0.1) is 11.3 Å². The van der Waals surface area contributed by atoms with Crippen LogP contribution in [0.4, 0.5) is 5.69 Å². The third-order valence-corrected chi connectivity index (χ3v) is 5.34. The van der Waals surface area contributed by atoms with Gasteiger partial charge in [-0.25, -0.2) is 0 Å². The summed E-state index contributed by atoms with van der Waals surface area (Å²) >= 11 is 0. The molecular formula is C19H21N5O. The molecule has 0 unspecified atom stereocenters. The minimum absolute atomic E-state index is 0.0404. The fraction of sp³-hybridized carbons (Fsp3) is 0.421. The Morgan fingerprint density at radius 1 is 1.16 bits per heavy atom. The zero-order valence-corrected chi connectivity index (χ0v) is 14.1. The Bertz CT molecular complexity index is 777. The van der Waals surface area contributed by atoms with E-state index in [0.717, 1.165) is 44.6 Å². The number of nitrogens with zero attached hydrogens (tertiary/aromatic N) is 4. The number of H-pyrrole nitrogens is 1. The van der Waals surface area contributed by atoms with Gasteiger partial charge in [0.2, 0.25) is 5.91 Å². The molecule has 3 heterocycles. The second-order valence-electron chi connectivity index (χ2n) is 6.80. The Kier molecular flexibility index (Phi) is 4.24. The highest BCUT2D eigenvalue weighted by molar-refractivity contribution is 5.99. The van der Waals surface area contributed by atoms with E-state index in [-0.39, 0.29) is 11.9 Å². The van der Waals surface area contributed by atoms with E-state index in [0.29, 0.717) is 11.5 Å². The van der Waals surface area contributed by atoms with Gasteiger partial charge in [0.05, 0.1) is 17.7 Å². The Balaban J connectivity index is 1.46. The molecule has 0 bridgehead atoms. The zero-order valence-electron chi connectivity index (χ0n) is 14.1. The van der Waals surface area contributed by atoms with Crippen molar-refractivity contribution in [2.45, 2.75) is 31.2 Å². The number of likely N-dealkylation sites (tertiary alicyclic amines) is 1. The minimum Gasteiger partial charge on any atom is -0.311 e. The Morgan fingerprint density at radius 2 is 2.00 bits per heavy atom. The third-order valence-electron chi connectivity index (χ3n) is 5.34. The van der Waals surface area contributed by atoms with Crippen molar-refractivity contribution >= 4 is 11.6 Å². The first kappa shape index (κ1) is 15.9. The number of hydrogen-bond donors (Lipinski definition) is 1. The summed E-state index contributed by atoms with van der Waals surface area (Å²) < 4.78 is 0. The molecule has 1 N–H and O–H groups in total. The van der Waals surface area contributed by atoms with Gasteiger partial charge in [0.15, 0.2) is 0 Å². The number of benzene rings is 1. The molecule has 128 valence electrons. The van der Waals surface area contributed by atoms with Crippen molar-refractivity contribution < 1.29 is 4.79 Å². The number of hydrogen-bond acceptors (Lipinski definition) is 4. The average molecular weight is 335 g/mol. The van der Waals surface area contributed by atoms with E-state index in [2.05, 4.69) is 21.2 Å². The van der Waals surface area contributed by atoms with Gasteiger partial charge in [0.1, 0.15) is 0 Å². The molecule has 25 heavy (non-hydrogen) atoms. The number of carbonyl (C=O) groups excluding carboxylic acids is 1. The summed E-state index contributed by atoms with van der Waals surface area (Å²) in [6.45, 7) is 2.61. The van der Waals surface area contributed by atoms with Crippen molar-refractivity contribution in [2.75, 3.05) is 24.5 Å². The zero-order chi connectivity index (χ0) is 17.2. The van der Waals surface area contributed by atoms with E-state index < -0.39 is 0 Å². The molecule has 6 heteroatoms. The van der Waals surface area contributed by atoms with Crippen LogP contribution >= 0.6 is 0 Å². The van der Waals surface area contributed by atoms with Crippen LogP contribution in [0.2, 0.25) is 0 Å². The van der Waals surface area contributed by atoms with Gasteiger partial charge in [-0.3, -0.25) is 14.8 Å². The van der Waals surface area contributed by atoms with Crippen LogP contribution < -0.4 is 4.90 Å². The highest BCUT2D eigenvalue weighted by atomic mass is 16.2. The SMILES string of the molecule is N#Cc1ccc(N2CC[C@@H](N3CCC[C@@H](c4ccn[nH]4)C3)C2=O)cc1. The topological polar surface area (TPSA) is 76.0 Å². The highest BCUT2D eigenvalue weighted by Gasteiger charge is 2.38. The highest BCUT2D eigenvalue weighted by Crippen LogP contribution is 2.31. The second-order valence-corrected chi connectivity index (χ2v) is 6.80. The molecule has 4 rings (SSSR count). The van der Waals surface area contributed by atoms with Crippen LogP contribution in [-0.2, 0) is 4.79 Å². The van der Waals surface area contributed by atoms with Gasteiger partial charge >= 0.3 is 0 Å². The molecule has 2 aliphatic heterocycles. The first-order valence-corrected chi connectivity index (χ1v) is 8.81. The fourth-order valence-corrected chi connectivity index (χ4v) is 4.01. The molecule has 0 radical (unpaired) electrons. The maximum atomic E-state index is 13.0. The Hall–Kier alpha value is -2.65. The summed E-state index contributed by atoms with van der Waals surface area (Å²) in [6.07, 6.45) is 4.89. The number of rotatable bonds is 3. The molecular weight excluding hydrogens is 314 g/mol. The number of aromatic nitrogens is 2. The molecule has 2 aromatic rings. The molecule has 0 aliphatic carbocycles. The summed E-state index contributed by atoms with van der Waals surface area (Å²) in [5.41, 5.74) is 2.66. The van der Waals surface area contributed by atoms with Gasteiger partial charge < -0.3 is 4.90 Å². The molecule has 2 saturated heterocycles. The van der Waals surface area contributed by atoms with E-state index in [4.69, 9.17) is 5.26 Å². The van der Waals surface area contributed by atoms with Crippen LogP contribution in [0.25, 0.3) is 0 Å². The Morgan fingerprint density at radius 3 is 2.72 bits per heavy atom. The van der Waals surface area contributed by atoms with Gasteiger partial charge in [-0.15, -0.1) is 0 Å². The first-order chi connectivity index (χ1) is 12.3. The second kappa shape index (κ2) is 6.69. The van der Waals surface area contributed by atoms with Crippen LogP contribution in [0.15, 0.2) is 36.5 Å². The van der Waals surface area contributed by atoms with Gasteiger partial charge in [-0.2, -0.15) is 10.4 Å². The van der Waals surface area contributed by atoms with Crippen molar-refractivity contribution in [1.82, 2.24) is 15.1 Å². The van der Waals surface area contributed by atoms with E-state index in [9.17, 15) is 4.79 Å².